The molecule has 0 saturated carbocycles. The molecule has 15 heavy (non-hydrogen) atoms. The minimum absolute atomic E-state index is 0.196. The Balaban J connectivity index is 4.33. The summed E-state index contributed by atoms with van der Waals surface area (Å²) in [5.41, 5.74) is 0. The molecule has 0 aliphatic heterocycles. The molecule has 0 aliphatic carbocycles. The topological polar surface area (TPSA) is 69.6 Å². The molecule has 0 aromatic rings. The molecule has 5 nitrogen and oxygen atoms in total. The maximum absolute atomic E-state index is 11.5. The van der Waals surface area contributed by atoms with E-state index in [0.29, 0.717) is 0 Å². The molecule has 0 aromatic carbocycles. The summed E-state index contributed by atoms with van der Waals surface area (Å²) < 4.78 is 0. The van der Waals surface area contributed by atoms with E-state index in [-0.39, 0.29) is 19.1 Å². The summed E-state index contributed by atoms with van der Waals surface area (Å²) in [5, 5.41) is 11.2. The molecule has 0 fully saturated rings. The normalized spacial score (nSPS) is 11.3. The van der Waals surface area contributed by atoms with E-state index in [0.717, 1.165) is 4.90 Å². The van der Waals surface area contributed by atoms with Crippen molar-refractivity contribution in [3.05, 3.63) is 25.3 Å². The van der Waals surface area contributed by atoms with Crippen molar-refractivity contribution >= 4 is 12.0 Å². The van der Waals surface area contributed by atoms with Gasteiger partial charge in [0.1, 0.15) is 6.54 Å². The standard InChI is InChI=1S/C10H16N2O3/c1-4-6-12(7-9(13)14)10(15)11-8(3)5-2/h4-5,8H,1-2,6-7H2,3H3,(H,11,15)(H,13,14). The SMILES string of the molecule is C=CCN(CC(=O)O)C(=O)NC(C)C=C. The van der Waals surface area contributed by atoms with Gasteiger partial charge in [0.15, 0.2) is 0 Å². The molecule has 0 saturated heterocycles. The molecule has 0 radical (unpaired) electrons. The number of carboxylic acids is 1. The van der Waals surface area contributed by atoms with Gasteiger partial charge in [0.05, 0.1) is 0 Å². The highest BCUT2D eigenvalue weighted by Gasteiger charge is 2.15. The third kappa shape index (κ3) is 5.51. The van der Waals surface area contributed by atoms with E-state index < -0.39 is 12.0 Å². The van der Waals surface area contributed by atoms with Crippen molar-refractivity contribution in [1.82, 2.24) is 10.2 Å². The number of rotatable bonds is 6. The molecule has 0 aromatic heterocycles. The lowest BCUT2D eigenvalue weighted by Crippen LogP contribution is -2.45. The van der Waals surface area contributed by atoms with Crippen LogP contribution in [0.2, 0.25) is 0 Å². The second-order valence-corrected chi connectivity index (χ2v) is 3.04. The van der Waals surface area contributed by atoms with Crippen molar-refractivity contribution in [2.75, 3.05) is 13.1 Å². The van der Waals surface area contributed by atoms with Gasteiger partial charge in [0, 0.05) is 12.6 Å². The van der Waals surface area contributed by atoms with Crippen LogP contribution in [0.3, 0.4) is 0 Å². The van der Waals surface area contributed by atoms with E-state index in [1.807, 2.05) is 0 Å². The van der Waals surface area contributed by atoms with Crippen LogP contribution >= 0.6 is 0 Å². The zero-order chi connectivity index (χ0) is 11.8. The van der Waals surface area contributed by atoms with Gasteiger partial charge >= 0.3 is 12.0 Å². The largest absolute Gasteiger partial charge is 0.480 e. The Kier molecular flexibility index (Phi) is 5.85. The van der Waals surface area contributed by atoms with Crippen molar-refractivity contribution in [1.29, 1.82) is 0 Å². The highest BCUT2D eigenvalue weighted by molar-refractivity contribution is 5.80. The lowest BCUT2D eigenvalue weighted by atomic mass is 10.3. The maximum atomic E-state index is 11.5. The van der Waals surface area contributed by atoms with Gasteiger partial charge < -0.3 is 15.3 Å². The van der Waals surface area contributed by atoms with E-state index in [1.54, 1.807) is 13.0 Å². The molecule has 1 atom stereocenters. The van der Waals surface area contributed by atoms with Crippen LogP contribution in [-0.2, 0) is 4.79 Å². The van der Waals surface area contributed by atoms with Crippen LogP contribution < -0.4 is 5.32 Å². The molecule has 2 amide bonds. The summed E-state index contributed by atoms with van der Waals surface area (Å²) in [6.07, 6.45) is 3.03. The van der Waals surface area contributed by atoms with Gasteiger partial charge in [-0.25, -0.2) is 4.79 Å². The highest BCUT2D eigenvalue weighted by atomic mass is 16.4. The number of amides is 2. The number of aliphatic carboxylic acids is 1. The fourth-order valence-corrected chi connectivity index (χ4v) is 0.883. The Bertz CT molecular complexity index is 263. The Morgan fingerprint density at radius 3 is 2.53 bits per heavy atom. The number of carbonyl (C=O) groups excluding carboxylic acids is 1. The summed E-state index contributed by atoms with van der Waals surface area (Å²) in [4.78, 5) is 23.1. The zero-order valence-corrected chi connectivity index (χ0v) is 8.77. The van der Waals surface area contributed by atoms with Crippen molar-refractivity contribution < 1.29 is 14.7 Å². The van der Waals surface area contributed by atoms with E-state index in [9.17, 15) is 9.59 Å². The molecule has 2 N–H and O–H groups in total. The van der Waals surface area contributed by atoms with Crippen LogP contribution in [-0.4, -0.2) is 41.1 Å². The van der Waals surface area contributed by atoms with E-state index in [2.05, 4.69) is 18.5 Å². The quantitative estimate of drug-likeness (QED) is 0.641. The van der Waals surface area contributed by atoms with Crippen LogP contribution in [0.15, 0.2) is 25.3 Å². The molecule has 0 aliphatic rings. The third-order valence-corrected chi connectivity index (χ3v) is 1.67. The van der Waals surface area contributed by atoms with Crippen LogP contribution in [0.4, 0.5) is 4.79 Å². The van der Waals surface area contributed by atoms with E-state index in [4.69, 9.17) is 5.11 Å². The first-order valence-corrected chi connectivity index (χ1v) is 4.52. The number of carbonyl (C=O) groups is 2. The molecule has 0 bridgehead atoms. The fourth-order valence-electron chi connectivity index (χ4n) is 0.883. The summed E-state index contributed by atoms with van der Waals surface area (Å²) in [5.74, 6) is -1.06. The monoisotopic (exact) mass is 212 g/mol. The number of nitrogens with zero attached hydrogens (tertiary/aromatic N) is 1. The lowest BCUT2D eigenvalue weighted by molar-refractivity contribution is -0.137. The average molecular weight is 212 g/mol. The van der Waals surface area contributed by atoms with Gasteiger partial charge in [0.2, 0.25) is 0 Å². The number of urea groups is 1. The van der Waals surface area contributed by atoms with E-state index >= 15 is 0 Å². The molecule has 1 unspecified atom stereocenters. The fraction of sp³-hybridized carbons (Fsp3) is 0.400. The molecular weight excluding hydrogens is 196 g/mol. The first-order chi connectivity index (χ1) is 7.01. The third-order valence-electron chi connectivity index (χ3n) is 1.67. The van der Waals surface area contributed by atoms with Gasteiger partial charge in [-0.1, -0.05) is 12.2 Å². The maximum Gasteiger partial charge on any atom is 0.323 e. The zero-order valence-electron chi connectivity index (χ0n) is 8.77. The predicted molar refractivity (Wildman–Crippen MR) is 57.6 cm³/mol. The number of nitrogens with one attached hydrogen (secondary N) is 1. The second-order valence-electron chi connectivity index (χ2n) is 3.04. The number of carboxylic acid groups (broad SMARTS) is 1. The Morgan fingerprint density at radius 1 is 1.53 bits per heavy atom. The Morgan fingerprint density at radius 2 is 2.13 bits per heavy atom. The Hall–Kier alpha value is -1.78. The minimum Gasteiger partial charge on any atom is -0.480 e. The van der Waals surface area contributed by atoms with Crippen molar-refractivity contribution in [3.63, 3.8) is 0 Å². The second kappa shape index (κ2) is 6.64. The summed E-state index contributed by atoms with van der Waals surface area (Å²) in [7, 11) is 0. The van der Waals surface area contributed by atoms with Gasteiger partial charge in [-0.2, -0.15) is 0 Å². The van der Waals surface area contributed by atoms with Crippen LogP contribution in [0.1, 0.15) is 6.92 Å². The average Bonchev–Trinajstić information content (AvgIpc) is 2.16. The first-order valence-electron chi connectivity index (χ1n) is 4.52. The van der Waals surface area contributed by atoms with Crippen LogP contribution in [0.5, 0.6) is 0 Å². The number of hydrogen-bond acceptors (Lipinski definition) is 2. The molecule has 84 valence electrons. The summed E-state index contributed by atoms with van der Waals surface area (Å²) in [6.45, 7) is 8.56. The first kappa shape index (κ1) is 13.2. The van der Waals surface area contributed by atoms with Crippen molar-refractivity contribution in [2.24, 2.45) is 0 Å². The molecule has 0 heterocycles. The summed E-state index contributed by atoms with van der Waals surface area (Å²) >= 11 is 0. The predicted octanol–water partition coefficient (Wildman–Crippen LogP) is 0.843. The molecule has 5 heteroatoms. The van der Waals surface area contributed by atoms with Gasteiger partial charge in [-0.05, 0) is 6.92 Å². The summed E-state index contributed by atoms with van der Waals surface area (Å²) in [6, 6.07) is -0.636. The lowest BCUT2D eigenvalue weighted by Gasteiger charge is -2.21. The smallest absolute Gasteiger partial charge is 0.323 e. The molecule has 0 rings (SSSR count). The molecular formula is C10H16N2O3. The number of hydrogen-bond donors (Lipinski definition) is 2. The van der Waals surface area contributed by atoms with E-state index in [1.165, 1.54) is 6.08 Å². The Labute approximate surface area is 89.1 Å². The molecule has 0 spiro atoms. The van der Waals surface area contributed by atoms with Gasteiger partial charge in [-0.3, -0.25) is 4.79 Å². The van der Waals surface area contributed by atoms with Gasteiger partial charge in [-0.15, -0.1) is 13.2 Å². The van der Waals surface area contributed by atoms with Crippen LogP contribution in [0.25, 0.3) is 0 Å². The van der Waals surface area contributed by atoms with Crippen LogP contribution in [0, 0.1) is 0 Å². The van der Waals surface area contributed by atoms with Crippen molar-refractivity contribution in [3.8, 4) is 0 Å². The highest BCUT2D eigenvalue weighted by Crippen LogP contribution is 1.92. The van der Waals surface area contributed by atoms with Gasteiger partial charge in [0.25, 0.3) is 0 Å². The minimum atomic E-state index is -1.06. The van der Waals surface area contributed by atoms with Crippen molar-refractivity contribution in [2.45, 2.75) is 13.0 Å².